The van der Waals surface area contributed by atoms with Gasteiger partial charge in [0.2, 0.25) is 11.5 Å². The lowest BCUT2D eigenvalue weighted by Crippen LogP contribution is -2.05. The molecule has 0 aliphatic carbocycles. The summed E-state index contributed by atoms with van der Waals surface area (Å²) in [6.45, 7) is 2.42. The molecule has 4 aromatic carbocycles. The van der Waals surface area contributed by atoms with Crippen molar-refractivity contribution >= 4 is 47.0 Å². The monoisotopic (exact) mass is 640 g/mol. The molecule has 0 aliphatic rings. The molecule has 46 heavy (non-hydrogen) atoms. The van der Waals surface area contributed by atoms with E-state index in [-0.39, 0.29) is 45.6 Å². The van der Waals surface area contributed by atoms with E-state index in [2.05, 4.69) is 0 Å². The van der Waals surface area contributed by atoms with Crippen molar-refractivity contribution in [3.63, 3.8) is 0 Å². The quantitative estimate of drug-likeness (QED) is 0.0437. The van der Waals surface area contributed by atoms with Crippen molar-refractivity contribution in [1.82, 2.24) is 0 Å². The summed E-state index contributed by atoms with van der Waals surface area (Å²) in [4.78, 5) is 23.1. The van der Waals surface area contributed by atoms with Crippen molar-refractivity contribution in [2.75, 3.05) is 28.4 Å². The first-order chi connectivity index (χ1) is 21.9. The van der Waals surface area contributed by atoms with E-state index in [4.69, 9.17) is 28.4 Å². The van der Waals surface area contributed by atoms with Crippen LogP contribution in [0.2, 0.25) is 0 Å². The van der Waals surface area contributed by atoms with E-state index >= 15 is 8.78 Å². The summed E-state index contributed by atoms with van der Waals surface area (Å²) in [5.41, 5.74) is 0.924. The zero-order valence-corrected chi connectivity index (χ0v) is 25.6. The van der Waals surface area contributed by atoms with Gasteiger partial charge in [0.25, 0.3) is 0 Å². The first-order valence-electron chi connectivity index (χ1n) is 13.5. The standard InChI is InChI=1S/C34H28F4O8/c1-17(39)45-33-23(41-3)13-19(14-24(33)42-4)7-9-21-11-12-22(28-27(21)29(35)31(37)32(38)30(28)36)10-8-20-15-25(43-5)34(46-18(2)40)26(16-20)44-6/h7-16H,1-6H3. The Morgan fingerprint density at radius 1 is 0.522 bits per heavy atom. The summed E-state index contributed by atoms with van der Waals surface area (Å²) in [7, 11) is 5.41. The van der Waals surface area contributed by atoms with Crippen molar-refractivity contribution < 1.29 is 55.6 Å². The van der Waals surface area contributed by atoms with Crippen LogP contribution in [0.15, 0.2) is 36.4 Å². The second kappa shape index (κ2) is 14.1. The number of fused-ring (bicyclic) bond motifs is 1. The van der Waals surface area contributed by atoms with E-state index in [0.29, 0.717) is 11.1 Å². The number of esters is 2. The minimum Gasteiger partial charge on any atom is -0.493 e. The first-order valence-corrected chi connectivity index (χ1v) is 13.5. The molecular formula is C34H28F4O8. The topological polar surface area (TPSA) is 89.5 Å². The normalized spacial score (nSPS) is 11.3. The number of halogens is 4. The van der Waals surface area contributed by atoms with Gasteiger partial charge >= 0.3 is 11.9 Å². The molecule has 0 bridgehead atoms. The largest absolute Gasteiger partial charge is 0.493 e. The highest BCUT2D eigenvalue weighted by Gasteiger charge is 2.24. The predicted octanol–water partition coefficient (Wildman–Crippen LogP) is 7.62. The Morgan fingerprint density at radius 3 is 1.09 bits per heavy atom. The van der Waals surface area contributed by atoms with Crippen LogP contribution >= 0.6 is 0 Å². The predicted molar refractivity (Wildman–Crippen MR) is 163 cm³/mol. The van der Waals surface area contributed by atoms with Crippen LogP contribution in [0.4, 0.5) is 17.6 Å². The average molecular weight is 641 g/mol. The molecule has 0 saturated heterocycles. The Labute approximate surface area is 261 Å². The summed E-state index contributed by atoms with van der Waals surface area (Å²) < 4.78 is 91.3. The minimum absolute atomic E-state index is 0.0264. The highest BCUT2D eigenvalue weighted by atomic mass is 19.2. The van der Waals surface area contributed by atoms with Gasteiger partial charge in [-0.2, -0.15) is 0 Å². The molecule has 4 rings (SSSR count). The Morgan fingerprint density at radius 2 is 0.826 bits per heavy atom. The number of ether oxygens (including phenoxy) is 6. The lowest BCUT2D eigenvalue weighted by molar-refractivity contribution is -0.133. The van der Waals surface area contributed by atoms with Crippen LogP contribution < -0.4 is 28.4 Å². The van der Waals surface area contributed by atoms with E-state index < -0.39 is 46.0 Å². The van der Waals surface area contributed by atoms with E-state index in [9.17, 15) is 18.4 Å². The molecule has 0 unspecified atom stereocenters. The number of methoxy groups -OCH3 is 4. The molecule has 0 N–H and O–H groups in total. The van der Waals surface area contributed by atoms with Crippen LogP contribution in [0.3, 0.4) is 0 Å². The average Bonchev–Trinajstić information content (AvgIpc) is 3.04. The van der Waals surface area contributed by atoms with E-state index in [1.54, 1.807) is 0 Å². The fourth-order valence-corrected chi connectivity index (χ4v) is 4.65. The SMILES string of the molecule is COc1cc(C=Cc2ccc(C=Cc3cc(OC)c(OC(C)=O)c(OC)c3)c3c(F)c(F)c(F)c(F)c23)cc(OC)c1OC(C)=O. The van der Waals surface area contributed by atoms with E-state index in [1.165, 1.54) is 103 Å². The van der Waals surface area contributed by atoms with Crippen LogP contribution in [-0.4, -0.2) is 40.4 Å². The van der Waals surface area contributed by atoms with Crippen molar-refractivity contribution in [1.29, 1.82) is 0 Å². The van der Waals surface area contributed by atoms with Crippen LogP contribution in [0.1, 0.15) is 36.1 Å². The highest BCUT2D eigenvalue weighted by molar-refractivity contribution is 6.00. The summed E-state index contributed by atoms with van der Waals surface area (Å²) in [5.74, 6) is -7.63. The molecule has 8 nitrogen and oxygen atoms in total. The van der Waals surface area contributed by atoms with Gasteiger partial charge in [-0.15, -0.1) is 0 Å². The number of carbonyl (C=O) groups excluding carboxylic acids is 2. The molecule has 12 heteroatoms. The van der Waals surface area contributed by atoms with Gasteiger partial charge in [0.15, 0.2) is 46.3 Å². The summed E-state index contributed by atoms with van der Waals surface area (Å²) >= 11 is 0. The molecule has 0 amide bonds. The minimum atomic E-state index is -1.97. The summed E-state index contributed by atoms with van der Waals surface area (Å²) in [6.07, 6.45) is 5.71. The molecule has 0 atom stereocenters. The van der Waals surface area contributed by atoms with Gasteiger partial charge in [-0.3, -0.25) is 9.59 Å². The Bertz CT molecular complexity index is 1710. The molecule has 0 aromatic heterocycles. The molecule has 4 aromatic rings. The zero-order chi connectivity index (χ0) is 33.7. The molecular weight excluding hydrogens is 612 g/mol. The number of hydrogen-bond donors (Lipinski definition) is 0. The first kappa shape index (κ1) is 33.4. The molecule has 0 heterocycles. The Balaban J connectivity index is 1.85. The highest BCUT2D eigenvalue weighted by Crippen LogP contribution is 2.41. The van der Waals surface area contributed by atoms with Crippen molar-refractivity contribution in [2.45, 2.75) is 13.8 Å². The third kappa shape index (κ3) is 6.75. The smallest absolute Gasteiger partial charge is 0.308 e. The van der Waals surface area contributed by atoms with Gasteiger partial charge in [0, 0.05) is 24.6 Å². The third-order valence-electron chi connectivity index (χ3n) is 6.66. The van der Waals surface area contributed by atoms with Crippen LogP contribution in [0.5, 0.6) is 34.5 Å². The molecule has 0 radical (unpaired) electrons. The van der Waals surface area contributed by atoms with E-state index in [0.717, 1.165) is 0 Å². The van der Waals surface area contributed by atoms with Gasteiger partial charge in [-0.25, -0.2) is 17.6 Å². The van der Waals surface area contributed by atoms with Crippen LogP contribution in [0, 0.1) is 23.3 Å². The van der Waals surface area contributed by atoms with E-state index in [1.807, 2.05) is 0 Å². The van der Waals surface area contributed by atoms with Gasteiger partial charge < -0.3 is 28.4 Å². The number of carbonyl (C=O) groups is 2. The fourth-order valence-electron chi connectivity index (χ4n) is 4.65. The van der Waals surface area contributed by atoms with Gasteiger partial charge in [-0.05, 0) is 46.5 Å². The van der Waals surface area contributed by atoms with Crippen LogP contribution in [0.25, 0.3) is 35.1 Å². The van der Waals surface area contributed by atoms with Crippen molar-refractivity contribution in [3.05, 3.63) is 81.9 Å². The maximum absolute atomic E-state index is 15.3. The number of hydrogen-bond acceptors (Lipinski definition) is 8. The number of rotatable bonds is 10. The fraction of sp³-hybridized carbons (Fsp3) is 0.176. The summed E-state index contributed by atoms with van der Waals surface area (Å²) in [6, 6.07) is 8.83. The van der Waals surface area contributed by atoms with Crippen molar-refractivity contribution in [2.24, 2.45) is 0 Å². The second-order valence-electron chi connectivity index (χ2n) is 9.61. The maximum Gasteiger partial charge on any atom is 0.308 e. The van der Waals surface area contributed by atoms with Crippen molar-refractivity contribution in [3.8, 4) is 34.5 Å². The molecule has 0 spiro atoms. The molecule has 240 valence electrons. The van der Waals surface area contributed by atoms with Gasteiger partial charge in [-0.1, -0.05) is 36.4 Å². The molecule has 0 fully saturated rings. The molecule has 0 aliphatic heterocycles. The van der Waals surface area contributed by atoms with Gasteiger partial charge in [0.1, 0.15) is 0 Å². The Kier molecular flexibility index (Phi) is 10.2. The van der Waals surface area contributed by atoms with Gasteiger partial charge in [0.05, 0.1) is 28.4 Å². The maximum atomic E-state index is 15.3. The van der Waals surface area contributed by atoms with Crippen LogP contribution in [-0.2, 0) is 9.59 Å². The lowest BCUT2D eigenvalue weighted by atomic mass is 9.96. The zero-order valence-electron chi connectivity index (χ0n) is 25.6. The second-order valence-corrected chi connectivity index (χ2v) is 9.61. The molecule has 0 saturated carbocycles. The number of benzene rings is 4. The third-order valence-corrected chi connectivity index (χ3v) is 6.66. The summed E-state index contributed by atoms with van der Waals surface area (Å²) in [5, 5.41) is -1.02. The Hall–Kier alpha value is -5.52. The lowest BCUT2D eigenvalue weighted by Gasteiger charge is -2.14.